The van der Waals surface area contributed by atoms with Crippen LogP contribution in [0, 0.1) is 13.8 Å². The third-order valence-corrected chi connectivity index (χ3v) is 2.52. The lowest BCUT2D eigenvalue weighted by atomic mass is 10.1. The Morgan fingerprint density at radius 1 is 1.41 bits per heavy atom. The fourth-order valence-corrected chi connectivity index (χ4v) is 1.54. The molecule has 94 valence electrons. The molecule has 1 rings (SSSR count). The van der Waals surface area contributed by atoms with Crippen molar-refractivity contribution in [2.24, 2.45) is 5.73 Å². The molecular formula is C13H20N2O2. The lowest BCUT2D eigenvalue weighted by Crippen LogP contribution is -2.40. The Hall–Kier alpha value is -1.55. The quantitative estimate of drug-likeness (QED) is 0.806. The molecule has 0 aliphatic heterocycles. The van der Waals surface area contributed by atoms with Crippen LogP contribution >= 0.6 is 0 Å². The van der Waals surface area contributed by atoms with Crippen LogP contribution in [0.4, 0.5) is 0 Å². The first-order valence-electron chi connectivity index (χ1n) is 5.73. The number of nitrogens with one attached hydrogen (secondary N) is 1. The number of rotatable bonds is 5. The second-order valence-corrected chi connectivity index (χ2v) is 4.21. The highest BCUT2D eigenvalue weighted by molar-refractivity contribution is 5.77. The Morgan fingerprint density at radius 2 is 2.00 bits per heavy atom. The highest BCUT2D eigenvalue weighted by Gasteiger charge is 2.08. The van der Waals surface area contributed by atoms with Crippen molar-refractivity contribution in [3.63, 3.8) is 0 Å². The summed E-state index contributed by atoms with van der Waals surface area (Å²) in [5.41, 5.74) is 7.48. The summed E-state index contributed by atoms with van der Waals surface area (Å²) in [6.45, 7) is 6.23. The van der Waals surface area contributed by atoms with Crippen LogP contribution in [0.1, 0.15) is 18.1 Å². The number of carbonyl (C=O) groups is 1. The first-order chi connectivity index (χ1) is 8.04. The smallest absolute Gasteiger partial charge is 0.258 e. The summed E-state index contributed by atoms with van der Waals surface area (Å²) in [7, 11) is 0. The Bertz CT molecular complexity index is 371. The van der Waals surface area contributed by atoms with Gasteiger partial charge in [-0.05, 0) is 31.9 Å². The van der Waals surface area contributed by atoms with Crippen LogP contribution in [0.3, 0.4) is 0 Å². The number of amides is 1. The molecule has 1 aromatic carbocycles. The number of aryl methyl sites for hydroxylation is 2. The van der Waals surface area contributed by atoms with Crippen molar-refractivity contribution in [3.8, 4) is 5.75 Å². The maximum atomic E-state index is 11.5. The Kier molecular flexibility index (Phi) is 4.97. The predicted molar refractivity (Wildman–Crippen MR) is 68.1 cm³/mol. The van der Waals surface area contributed by atoms with E-state index in [9.17, 15) is 4.79 Å². The average Bonchev–Trinajstić information content (AvgIpc) is 2.28. The topological polar surface area (TPSA) is 64.3 Å². The fourth-order valence-electron chi connectivity index (χ4n) is 1.54. The van der Waals surface area contributed by atoms with Crippen LogP contribution < -0.4 is 15.8 Å². The van der Waals surface area contributed by atoms with E-state index < -0.39 is 0 Å². The van der Waals surface area contributed by atoms with E-state index in [0.29, 0.717) is 6.54 Å². The zero-order valence-corrected chi connectivity index (χ0v) is 10.6. The van der Waals surface area contributed by atoms with Gasteiger partial charge in [-0.1, -0.05) is 18.2 Å². The maximum absolute atomic E-state index is 11.5. The number of nitrogens with two attached hydrogens (primary N) is 1. The zero-order valence-electron chi connectivity index (χ0n) is 10.6. The van der Waals surface area contributed by atoms with Gasteiger partial charge in [0.05, 0.1) is 0 Å². The van der Waals surface area contributed by atoms with Gasteiger partial charge >= 0.3 is 0 Å². The van der Waals surface area contributed by atoms with Gasteiger partial charge < -0.3 is 15.8 Å². The molecule has 0 radical (unpaired) electrons. The van der Waals surface area contributed by atoms with E-state index in [2.05, 4.69) is 5.32 Å². The third kappa shape index (κ3) is 4.07. The van der Waals surface area contributed by atoms with Gasteiger partial charge in [0.2, 0.25) is 0 Å². The van der Waals surface area contributed by atoms with Gasteiger partial charge in [-0.3, -0.25) is 4.79 Å². The maximum Gasteiger partial charge on any atom is 0.258 e. The lowest BCUT2D eigenvalue weighted by molar-refractivity contribution is -0.123. The molecule has 1 amide bonds. The van der Waals surface area contributed by atoms with E-state index in [1.54, 1.807) is 0 Å². The Labute approximate surface area is 102 Å². The molecule has 0 spiro atoms. The fraction of sp³-hybridized carbons (Fsp3) is 0.462. The lowest BCUT2D eigenvalue weighted by Gasteiger charge is -2.14. The molecule has 0 saturated carbocycles. The average molecular weight is 236 g/mol. The third-order valence-electron chi connectivity index (χ3n) is 2.52. The van der Waals surface area contributed by atoms with Gasteiger partial charge in [-0.2, -0.15) is 0 Å². The first-order valence-corrected chi connectivity index (χ1v) is 5.73. The normalized spacial score (nSPS) is 12.0. The van der Waals surface area contributed by atoms with Crippen LogP contribution in [0.15, 0.2) is 18.2 Å². The van der Waals surface area contributed by atoms with Gasteiger partial charge in [0, 0.05) is 12.6 Å². The van der Waals surface area contributed by atoms with Crippen LogP contribution in [-0.2, 0) is 4.79 Å². The van der Waals surface area contributed by atoms with Crippen molar-refractivity contribution in [2.45, 2.75) is 26.8 Å². The summed E-state index contributed by atoms with van der Waals surface area (Å²) in [5.74, 6) is 0.633. The van der Waals surface area contributed by atoms with Crippen LogP contribution in [0.25, 0.3) is 0 Å². The van der Waals surface area contributed by atoms with Crippen molar-refractivity contribution < 1.29 is 9.53 Å². The number of para-hydroxylation sites is 1. The van der Waals surface area contributed by atoms with E-state index in [4.69, 9.17) is 10.5 Å². The van der Waals surface area contributed by atoms with Crippen LogP contribution in [0.2, 0.25) is 0 Å². The van der Waals surface area contributed by atoms with E-state index in [1.165, 1.54) is 0 Å². The van der Waals surface area contributed by atoms with Gasteiger partial charge in [0.15, 0.2) is 6.61 Å². The molecule has 3 N–H and O–H groups in total. The van der Waals surface area contributed by atoms with E-state index >= 15 is 0 Å². The molecule has 0 aliphatic carbocycles. The second-order valence-electron chi connectivity index (χ2n) is 4.21. The molecule has 0 fully saturated rings. The van der Waals surface area contributed by atoms with E-state index in [0.717, 1.165) is 16.9 Å². The number of carbonyl (C=O) groups excluding carboxylic acids is 1. The summed E-state index contributed by atoms with van der Waals surface area (Å²) >= 11 is 0. The summed E-state index contributed by atoms with van der Waals surface area (Å²) in [6, 6.07) is 5.86. The summed E-state index contributed by atoms with van der Waals surface area (Å²) in [5, 5.41) is 2.75. The van der Waals surface area contributed by atoms with Gasteiger partial charge in [0.25, 0.3) is 5.91 Å². The number of hydrogen-bond acceptors (Lipinski definition) is 3. The van der Waals surface area contributed by atoms with E-state index in [1.807, 2.05) is 39.0 Å². The number of ether oxygens (including phenoxy) is 1. The van der Waals surface area contributed by atoms with Crippen molar-refractivity contribution in [1.82, 2.24) is 5.32 Å². The molecule has 0 aromatic heterocycles. The number of hydrogen-bond donors (Lipinski definition) is 2. The highest BCUT2D eigenvalue weighted by atomic mass is 16.5. The minimum absolute atomic E-state index is 0.0238. The van der Waals surface area contributed by atoms with Gasteiger partial charge in [-0.25, -0.2) is 0 Å². The molecule has 17 heavy (non-hydrogen) atoms. The summed E-state index contributed by atoms with van der Waals surface area (Å²) in [6.07, 6.45) is 0. The molecule has 0 aliphatic rings. The number of benzene rings is 1. The van der Waals surface area contributed by atoms with E-state index in [-0.39, 0.29) is 18.6 Å². The van der Waals surface area contributed by atoms with Crippen LogP contribution in [-0.4, -0.2) is 25.1 Å². The SMILES string of the molecule is Cc1cccc(C)c1OCC(=O)NC(C)CN. The molecule has 1 atom stereocenters. The molecule has 4 nitrogen and oxygen atoms in total. The molecule has 0 heterocycles. The van der Waals surface area contributed by atoms with Crippen LogP contribution in [0.5, 0.6) is 5.75 Å². The summed E-state index contributed by atoms with van der Waals surface area (Å²) in [4.78, 5) is 11.5. The highest BCUT2D eigenvalue weighted by Crippen LogP contribution is 2.21. The minimum Gasteiger partial charge on any atom is -0.483 e. The second kappa shape index (κ2) is 6.25. The molecule has 4 heteroatoms. The molecule has 1 unspecified atom stereocenters. The molecular weight excluding hydrogens is 216 g/mol. The van der Waals surface area contributed by atoms with Crippen molar-refractivity contribution in [3.05, 3.63) is 29.3 Å². The monoisotopic (exact) mass is 236 g/mol. The predicted octanol–water partition coefficient (Wildman–Crippen LogP) is 1.15. The first kappa shape index (κ1) is 13.5. The molecule has 1 aromatic rings. The van der Waals surface area contributed by atoms with Gasteiger partial charge in [0.1, 0.15) is 5.75 Å². The summed E-state index contributed by atoms with van der Waals surface area (Å²) < 4.78 is 5.52. The molecule has 0 saturated heterocycles. The van der Waals surface area contributed by atoms with Crippen molar-refractivity contribution in [1.29, 1.82) is 0 Å². The molecule has 0 bridgehead atoms. The van der Waals surface area contributed by atoms with Crippen molar-refractivity contribution >= 4 is 5.91 Å². The Morgan fingerprint density at radius 3 is 2.53 bits per heavy atom. The minimum atomic E-state index is -0.148. The van der Waals surface area contributed by atoms with Gasteiger partial charge in [-0.15, -0.1) is 0 Å². The Balaban J connectivity index is 2.53. The standard InChI is InChI=1S/C13H20N2O2/c1-9-5-4-6-10(2)13(9)17-8-12(16)15-11(3)7-14/h4-6,11H,7-8,14H2,1-3H3,(H,15,16). The van der Waals surface area contributed by atoms with Crippen molar-refractivity contribution in [2.75, 3.05) is 13.2 Å². The zero-order chi connectivity index (χ0) is 12.8. The largest absolute Gasteiger partial charge is 0.483 e.